The molecule has 0 spiro atoms. The molecule has 2 aromatic carbocycles. The molecule has 0 fully saturated rings. The zero-order valence-corrected chi connectivity index (χ0v) is 15.3. The quantitative estimate of drug-likeness (QED) is 0.353. The fourth-order valence-corrected chi connectivity index (χ4v) is 2.73. The third-order valence-corrected chi connectivity index (χ3v) is 4.41. The first kappa shape index (κ1) is 18.0. The lowest BCUT2D eigenvalue weighted by Crippen LogP contribution is -2.10. The number of nitrogens with zero attached hydrogens (tertiary/aromatic N) is 2. The molecule has 0 radical (unpaired) electrons. The Morgan fingerprint density at radius 3 is 2.38 bits per heavy atom. The molecular weight excluding hydrogens is 352 g/mol. The van der Waals surface area contributed by atoms with E-state index >= 15 is 0 Å². The van der Waals surface area contributed by atoms with Crippen LogP contribution in [0.4, 0.5) is 0 Å². The molecule has 0 N–H and O–H groups in total. The summed E-state index contributed by atoms with van der Waals surface area (Å²) in [5.74, 6) is 1.37. The topological polar surface area (TPSA) is 74.5 Å². The number of hydrogen-bond donors (Lipinski definition) is 0. The number of rotatable bonds is 7. The minimum Gasteiger partial charge on any atom is -0.497 e. The molecule has 0 aliphatic heterocycles. The first-order valence-electron chi connectivity index (χ1n) is 8.08. The molecule has 6 nitrogen and oxygen atoms in total. The van der Waals surface area contributed by atoms with Crippen molar-refractivity contribution < 1.29 is 18.7 Å². The van der Waals surface area contributed by atoms with Gasteiger partial charge in [0, 0.05) is 5.56 Å². The summed E-state index contributed by atoms with van der Waals surface area (Å²) in [6, 6.07) is 14.7. The Kier molecular flexibility index (Phi) is 5.91. The van der Waals surface area contributed by atoms with Crippen LogP contribution in [-0.2, 0) is 11.2 Å². The van der Waals surface area contributed by atoms with Crippen LogP contribution in [0.25, 0.3) is 11.5 Å². The number of carbonyl (C=O) groups excluding carboxylic acids is 1. The summed E-state index contributed by atoms with van der Waals surface area (Å²) in [6.45, 7) is 2.07. The number of esters is 1. The Balaban J connectivity index is 1.54. The largest absolute Gasteiger partial charge is 0.497 e. The third-order valence-electron chi connectivity index (χ3n) is 3.62. The second kappa shape index (κ2) is 8.53. The lowest BCUT2D eigenvalue weighted by molar-refractivity contribution is -0.131. The molecule has 1 heterocycles. The van der Waals surface area contributed by atoms with Gasteiger partial charge in [0.25, 0.3) is 5.22 Å². The standard InChI is InChI=1S/C19H18N2O4S/c1-3-13-4-8-16(9-5-13)24-17(22)12-26-19-21-20-18(25-19)14-6-10-15(23-2)11-7-14/h4-11H,3,12H2,1-2H3. The molecule has 0 unspecified atom stereocenters. The first-order chi connectivity index (χ1) is 12.7. The minimum atomic E-state index is -0.372. The van der Waals surface area contributed by atoms with Gasteiger partial charge in [-0.05, 0) is 48.4 Å². The number of benzene rings is 2. The number of hydrogen-bond acceptors (Lipinski definition) is 7. The summed E-state index contributed by atoms with van der Waals surface area (Å²) in [7, 11) is 1.60. The van der Waals surface area contributed by atoms with Crippen molar-refractivity contribution in [2.75, 3.05) is 12.9 Å². The fraction of sp³-hybridized carbons (Fsp3) is 0.211. The van der Waals surface area contributed by atoms with Crippen molar-refractivity contribution in [2.45, 2.75) is 18.6 Å². The Morgan fingerprint density at radius 2 is 1.73 bits per heavy atom. The van der Waals surface area contributed by atoms with E-state index in [9.17, 15) is 4.79 Å². The molecule has 0 saturated carbocycles. The van der Waals surface area contributed by atoms with Crippen LogP contribution in [0.3, 0.4) is 0 Å². The molecule has 26 heavy (non-hydrogen) atoms. The summed E-state index contributed by atoms with van der Waals surface area (Å²) < 4.78 is 16.0. The molecule has 0 aliphatic rings. The Hall–Kier alpha value is -2.80. The number of methoxy groups -OCH3 is 1. The monoisotopic (exact) mass is 370 g/mol. The van der Waals surface area contributed by atoms with Crippen LogP contribution in [0.15, 0.2) is 58.2 Å². The van der Waals surface area contributed by atoms with Crippen LogP contribution in [0, 0.1) is 0 Å². The van der Waals surface area contributed by atoms with Gasteiger partial charge in [-0.15, -0.1) is 10.2 Å². The molecule has 0 aliphatic carbocycles. The summed E-state index contributed by atoms with van der Waals surface area (Å²) in [4.78, 5) is 11.9. The van der Waals surface area contributed by atoms with Crippen LogP contribution in [-0.4, -0.2) is 29.0 Å². The van der Waals surface area contributed by atoms with Crippen molar-refractivity contribution in [3.05, 3.63) is 54.1 Å². The van der Waals surface area contributed by atoms with E-state index in [1.807, 2.05) is 36.4 Å². The summed E-state index contributed by atoms with van der Waals surface area (Å²) in [6.07, 6.45) is 0.942. The van der Waals surface area contributed by atoms with E-state index in [1.165, 1.54) is 5.56 Å². The lowest BCUT2D eigenvalue weighted by Gasteiger charge is -2.03. The van der Waals surface area contributed by atoms with Crippen molar-refractivity contribution in [3.63, 3.8) is 0 Å². The molecule has 7 heteroatoms. The zero-order chi connectivity index (χ0) is 18.4. The van der Waals surface area contributed by atoms with Crippen LogP contribution in [0.1, 0.15) is 12.5 Å². The molecular formula is C19H18N2O4S. The van der Waals surface area contributed by atoms with Crippen LogP contribution < -0.4 is 9.47 Å². The van der Waals surface area contributed by atoms with Crippen molar-refractivity contribution in [1.82, 2.24) is 10.2 Å². The van der Waals surface area contributed by atoms with Gasteiger partial charge in [0.1, 0.15) is 17.3 Å². The van der Waals surface area contributed by atoms with E-state index in [0.717, 1.165) is 29.5 Å². The average Bonchev–Trinajstić information content (AvgIpc) is 3.16. The van der Waals surface area contributed by atoms with Crippen LogP contribution in [0.5, 0.6) is 11.5 Å². The lowest BCUT2D eigenvalue weighted by atomic mass is 10.2. The maximum Gasteiger partial charge on any atom is 0.321 e. The highest BCUT2D eigenvalue weighted by Crippen LogP contribution is 2.25. The molecule has 3 aromatic rings. The number of ether oxygens (including phenoxy) is 2. The molecule has 0 bridgehead atoms. The van der Waals surface area contributed by atoms with Gasteiger partial charge in [0.2, 0.25) is 5.89 Å². The second-order valence-corrected chi connectivity index (χ2v) is 6.29. The van der Waals surface area contributed by atoms with E-state index in [2.05, 4.69) is 17.1 Å². The van der Waals surface area contributed by atoms with E-state index in [4.69, 9.17) is 13.9 Å². The highest BCUT2D eigenvalue weighted by atomic mass is 32.2. The average molecular weight is 370 g/mol. The smallest absolute Gasteiger partial charge is 0.321 e. The molecule has 1 aromatic heterocycles. The molecule has 0 atom stereocenters. The summed E-state index contributed by atoms with van der Waals surface area (Å²) in [5, 5.41) is 8.25. The van der Waals surface area contributed by atoms with Gasteiger partial charge in [-0.1, -0.05) is 30.8 Å². The van der Waals surface area contributed by atoms with Gasteiger partial charge in [-0.25, -0.2) is 0 Å². The van der Waals surface area contributed by atoms with Crippen LogP contribution >= 0.6 is 11.8 Å². The van der Waals surface area contributed by atoms with Gasteiger partial charge in [-0.2, -0.15) is 0 Å². The number of aryl methyl sites for hydroxylation is 1. The zero-order valence-electron chi connectivity index (χ0n) is 14.5. The van der Waals surface area contributed by atoms with Crippen molar-refractivity contribution >= 4 is 17.7 Å². The maximum absolute atomic E-state index is 11.9. The molecule has 134 valence electrons. The fourth-order valence-electron chi connectivity index (χ4n) is 2.19. The Morgan fingerprint density at radius 1 is 1.04 bits per heavy atom. The van der Waals surface area contributed by atoms with E-state index in [1.54, 1.807) is 19.2 Å². The van der Waals surface area contributed by atoms with Gasteiger partial charge >= 0.3 is 5.97 Å². The highest BCUT2D eigenvalue weighted by molar-refractivity contribution is 7.99. The number of carbonyl (C=O) groups is 1. The van der Waals surface area contributed by atoms with Crippen LogP contribution in [0.2, 0.25) is 0 Å². The Bertz CT molecular complexity index is 860. The number of thioether (sulfide) groups is 1. The summed E-state index contributed by atoms with van der Waals surface area (Å²) in [5.41, 5.74) is 1.97. The first-order valence-corrected chi connectivity index (χ1v) is 9.07. The maximum atomic E-state index is 11.9. The third kappa shape index (κ3) is 4.64. The van der Waals surface area contributed by atoms with E-state index < -0.39 is 0 Å². The van der Waals surface area contributed by atoms with E-state index in [0.29, 0.717) is 16.9 Å². The Labute approximate surface area is 155 Å². The van der Waals surface area contributed by atoms with Gasteiger partial charge < -0.3 is 13.9 Å². The SMILES string of the molecule is CCc1ccc(OC(=O)CSc2nnc(-c3ccc(OC)cc3)o2)cc1. The molecule has 0 saturated heterocycles. The number of aromatic nitrogens is 2. The second-order valence-electron chi connectivity index (χ2n) is 5.36. The van der Waals surface area contributed by atoms with Crippen molar-refractivity contribution in [1.29, 1.82) is 0 Å². The predicted molar refractivity (Wildman–Crippen MR) is 98.5 cm³/mol. The van der Waals surface area contributed by atoms with Gasteiger partial charge in [0.15, 0.2) is 0 Å². The molecule has 0 amide bonds. The normalized spacial score (nSPS) is 10.5. The summed E-state index contributed by atoms with van der Waals surface area (Å²) >= 11 is 1.14. The van der Waals surface area contributed by atoms with Crippen molar-refractivity contribution in [2.24, 2.45) is 0 Å². The van der Waals surface area contributed by atoms with E-state index in [-0.39, 0.29) is 11.7 Å². The molecule has 3 rings (SSSR count). The van der Waals surface area contributed by atoms with Gasteiger partial charge in [-0.3, -0.25) is 4.79 Å². The highest BCUT2D eigenvalue weighted by Gasteiger charge is 2.12. The van der Waals surface area contributed by atoms with Gasteiger partial charge in [0.05, 0.1) is 7.11 Å². The minimum absolute atomic E-state index is 0.0831. The van der Waals surface area contributed by atoms with Crippen molar-refractivity contribution in [3.8, 4) is 23.0 Å². The predicted octanol–water partition coefficient (Wildman–Crippen LogP) is 4.01.